The third-order valence-corrected chi connectivity index (χ3v) is 5.46. The first-order valence-electron chi connectivity index (χ1n) is 11.7. The summed E-state index contributed by atoms with van der Waals surface area (Å²) < 4.78 is 0. The highest BCUT2D eigenvalue weighted by Crippen LogP contribution is 2.34. The molecule has 0 N–H and O–H groups in total. The van der Waals surface area contributed by atoms with Crippen molar-refractivity contribution in [1.29, 1.82) is 0 Å². The Labute approximate surface area is 196 Å². The first-order chi connectivity index (χ1) is 14.3. The molecule has 176 valence electrons. The number of hydrogen-bond donors (Lipinski definition) is 0. The van der Waals surface area contributed by atoms with Crippen LogP contribution < -0.4 is 9.80 Å². The van der Waals surface area contributed by atoms with E-state index in [2.05, 4.69) is 117 Å². The van der Waals surface area contributed by atoms with E-state index in [-0.39, 0.29) is 27.9 Å². The molecule has 0 atom stereocenters. The van der Waals surface area contributed by atoms with Crippen LogP contribution in [0.15, 0.2) is 48.5 Å². The molecular weight excluding hydrogens is 392 g/mol. The van der Waals surface area contributed by atoms with Gasteiger partial charge in [-0.05, 0) is 132 Å². The lowest BCUT2D eigenvalue weighted by Gasteiger charge is -2.47. The van der Waals surface area contributed by atoms with Crippen molar-refractivity contribution >= 4 is 17.2 Å². The average molecular weight is 437 g/mol. The van der Waals surface area contributed by atoms with Crippen LogP contribution in [0.5, 0.6) is 0 Å². The third kappa shape index (κ3) is 5.94. The first-order valence-corrected chi connectivity index (χ1v) is 11.7. The molecule has 2 rings (SSSR count). The van der Waals surface area contributed by atoms with E-state index >= 15 is 0 Å². The quantitative estimate of drug-likeness (QED) is 0.458. The summed E-state index contributed by atoms with van der Waals surface area (Å²) in [5.74, 6) is 0.0548. The summed E-state index contributed by atoms with van der Waals surface area (Å²) in [6.45, 7) is 26.6. The zero-order chi connectivity index (χ0) is 24.7. The van der Waals surface area contributed by atoms with E-state index in [0.717, 1.165) is 11.4 Å². The van der Waals surface area contributed by atoms with Crippen LogP contribution in [0, 0.1) is 0 Å². The predicted octanol–water partition coefficient (Wildman–Crippen LogP) is 7.72. The van der Waals surface area contributed by atoms with E-state index in [1.807, 2.05) is 24.3 Å². The zero-order valence-corrected chi connectivity index (χ0v) is 22.4. The number of hydrogen-bond acceptors (Lipinski definition) is 3. The van der Waals surface area contributed by atoms with Gasteiger partial charge >= 0.3 is 0 Å². The van der Waals surface area contributed by atoms with Gasteiger partial charge in [-0.2, -0.15) is 0 Å². The van der Waals surface area contributed by atoms with Gasteiger partial charge < -0.3 is 9.80 Å². The fourth-order valence-electron chi connectivity index (χ4n) is 5.25. The molecule has 0 aromatic heterocycles. The SMILES string of the molecule is CC(C)(C)N(c1ccc(C(=O)c2ccc(N(C(C)(C)C)C(C)(C)C)cc2)cc1)C(C)(C)C. The molecular formula is C29H44N2O. The number of nitrogens with zero attached hydrogens (tertiary/aromatic N) is 2. The molecule has 0 amide bonds. The maximum absolute atomic E-state index is 13.2. The van der Waals surface area contributed by atoms with Crippen molar-refractivity contribution in [3.8, 4) is 0 Å². The molecule has 0 aliphatic heterocycles. The van der Waals surface area contributed by atoms with Gasteiger partial charge in [0.25, 0.3) is 0 Å². The van der Waals surface area contributed by atoms with Crippen molar-refractivity contribution in [2.45, 2.75) is 105 Å². The van der Waals surface area contributed by atoms with Gasteiger partial charge in [-0.3, -0.25) is 4.79 Å². The lowest BCUT2D eigenvalue weighted by atomic mass is 9.93. The van der Waals surface area contributed by atoms with Gasteiger partial charge in [-0.25, -0.2) is 0 Å². The molecule has 0 bridgehead atoms. The fraction of sp³-hybridized carbons (Fsp3) is 0.552. The molecule has 3 heteroatoms. The average Bonchev–Trinajstić information content (AvgIpc) is 2.57. The number of ketones is 1. The third-order valence-electron chi connectivity index (χ3n) is 5.46. The van der Waals surface area contributed by atoms with Gasteiger partial charge in [0.1, 0.15) is 0 Å². The fourth-order valence-corrected chi connectivity index (χ4v) is 5.25. The van der Waals surface area contributed by atoms with Gasteiger partial charge in [0, 0.05) is 44.7 Å². The van der Waals surface area contributed by atoms with E-state index < -0.39 is 0 Å². The van der Waals surface area contributed by atoms with Crippen LogP contribution in [0.4, 0.5) is 11.4 Å². The van der Waals surface area contributed by atoms with Crippen molar-refractivity contribution in [1.82, 2.24) is 0 Å². The summed E-state index contributed by atoms with van der Waals surface area (Å²) >= 11 is 0. The molecule has 0 spiro atoms. The van der Waals surface area contributed by atoms with Crippen molar-refractivity contribution < 1.29 is 4.79 Å². The summed E-state index contributed by atoms with van der Waals surface area (Å²) in [7, 11) is 0. The number of benzene rings is 2. The summed E-state index contributed by atoms with van der Waals surface area (Å²) in [6.07, 6.45) is 0. The molecule has 0 aliphatic carbocycles. The smallest absolute Gasteiger partial charge is 0.193 e. The van der Waals surface area contributed by atoms with Crippen LogP contribution in [0.3, 0.4) is 0 Å². The minimum Gasteiger partial charge on any atom is -0.362 e. The van der Waals surface area contributed by atoms with Crippen molar-refractivity contribution in [2.75, 3.05) is 9.80 Å². The van der Waals surface area contributed by atoms with E-state index in [4.69, 9.17) is 0 Å². The van der Waals surface area contributed by atoms with E-state index in [1.54, 1.807) is 0 Å². The van der Waals surface area contributed by atoms with E-state index in [1.165, 1.54) is 0 Å². The minimum absolute atomic E-state index is 0.0222. The summed E-state index contributed by atoms with van der Waals surface area (Å²) in [4.78, 5) is 18.0. The zero-order valence-electron chi connectivity index (χ0n) is 22.4. The molecule has 0 aliphatic rings. The monoisotopic (exact) mass is 436 g/mol. The van der Waals surface area contributed by atoms with Crippen LogP contribution in [-0.2, 0) is 0 Å². The first kappa shape index (κ1) is 26.0. The highest BCUT2D eigenvalue weighted by molar-refractivity contribution is 6.09. The topological polar surface area (TPSA) is 23.6 Å². The summed E-state index contributed by atoms with van der Waals surface area (Å²) in [5.41, 5.74) is 3.60. The Balaban J connectivity index is 2.33. The maximum Gasteiger partial charge on any atom is 0.193 e. The van der Waals surface area contributed by atoms with E-state index in [9.17, 15) is 4.79 Å². The Kier molecular flexibility index (Phi) is 6.96. The molecule has 2 aromatic carbocycles. The van der Waals surface area contributed by atoms with Gasteiger partial charge in [0.15, 0.2) is 5.78 Å². The lowest BCUT2D eigenvalue weighted by molar-refractivity contribution is 0.103. The number of rotatable bonds is 4. The van der Waals surface area contributed by atoms with E-state index in [0.29, 0.717) is 11.1 Å². The van der Waals surface area contributed by atoms with Crippen LogP contribution in [0.2, 0.25) is 0 Å². The molecule has 0 fully saturated rings. The van der Waals surface area contributed by atoms with Gasteiger partial charge in [0.05, 0.1) is 0 Å². The second-order valence-corrected chi connectivity index (χ2v) is 12.8. The highest BCUT2D eigenvalue weighted by atomic mass is 16.1. The molecule has 2 aromatic rings. The number of carbonyl (C=O) groups is 1. The Bertz CT molecular complexity index is 807. The second kappa shape index (κ2) is 8.57. The second-order valence-electron chi connectivity index (χ2n) is 12.8. The van der Waals surface area contributed by atoms with Crippen LogP contribution in [0.1, 0.15) is 99.0 Å². The standard InChI is InChI=1S/C29H44N2O/c1-26(2,3)30(27(4,5)6)23-17-13-21(14-18-23)25(32)22-15-19-24(20-16-22)31(28(7,8)9)29(10,11)12/h13-20H,1-12H3. The lowest BCUT2D eigenvalue weighted by Crippen LogP contribution is -2.53. The molecule has 0 unspecified atom stereocenters. The largest absolute Gasteiger partial charge is 0.362 e. The minimum atomic E-state index is -0.0222. The molecule has 0 saturated carbocycles. The Morgan fingerprint density at radius 1 is 0.469 bits per heavy atom. The molecule has 32 heavy (non-hydrogen) atoms. The molecule has 0 saturated heterocycles. The van der Waals surface area contributed by atoms with Gasteiger partial charge in [-0.15, -0.1) is 0 Å². The van der Waals surface area contributed by atoms with Crippen molar-refractivity contribution in [3.63, 3.8) is 0 Å². The predicted molar refractivity (Wildman–Crippen MR) is 140 cm³/mol. The van der Waals surface area contributed by atoms with Gasteiger partial charge in [0.2, 0.25) is 0 Å². The molecule has 3 nitrogen and oxygen atoms in total. The van der Waals surface area contributed by atoms with Gasteiger partial charge in [-0.1, -0.05) is 0 Å². The summed E-state index contributed by atoms with van der Waals surface area (Å²) in [5, 5.41) is 0. The van der Waals surface area contributed by atoms with Crippen LogP contribution in [-0.4, -0.2) is 27.9 Å². The number of anilines is 2. The molecule has 0 radical (unpaired) electrons. The molecule has 0 heterocycles. The maximum atomic E-state index is 13.2. The normalized spacial score (nSPS) is 13.1. The Hall–Kier alpha value is -2.29. The highest BCUT2D eigenvalue weighted by Gasteiger charge is 2.32. The Morgan fingerprint density at radius 3 is 0.875 bits per heavy atom. The Morgan fingerprint density at radius 2 is 0.688 bits per heavy atom. The van der Waals surface area contributed by atoms with Crippen LogP contribution >= 0.6 is 0 Å². The number of carbonyl (C=O) groups excluding carboxylic acids is 1. The van der Waals surface area contributed by atoms with Crippen LogP contribution in [0.25, 0.3) is 0 Å². The summed E-state index contributed by atoms with van der Waals surface area (Å²) in [6, 6.07) is 16.1. The van der Waals surface area contributed by atoms with Crippen molar-refractivity contribution in [3.05, 3.63) is 59.7 Å². The van der Waals surface area contributed by atoms with Crippen molar-refractivity contribution in [2.24, 2.45) is 0 Å².